The molecule has 0 spiro atoms. The first-order chi connectivity index (χ1) is 12.7. The van der Waals surface area contributed by atoms with E-state index in [0.29, 0.717) is 6.54 Å². The van der Waals surface area contributed by atoms with Gasteiger partial charge in [-0.2, -0.15) is 14.7 Å². The van der Waals surface area contributed by atoms with Crippen molar-refractivity contribution in [2.75, 3.05) is 5.32 Å². The van der Waals surface area contributed by atoms with Gasteiger partial charge in [0.05, 0.1) is 17.6 Å². The number of fused-ring (bicyclic) bond motifs is 1. The molecule has 132 valence electrons. The van der Waals surface area contributed by atoms with Gasteiger partial charge in [-0.15, -0.1) is 0 Å². The maximum absolute atomic E-state index is 4.69. The summed E-state index contributed by atoms with van der Waals surface area (Å²) < 4.78 is 3.85. The maximum Gasteiger partial charge on any atom is 0.157 e. The number of aryl methyl sites for hydroxylation is 2. The molecule has 4 rings (SSSR count). The van der Waals surface area contributed by atoms with Gasteiger partial charge in [0.2, 0.25) is 0 Å². The van der Waals surface area contributed by atoms with Crippen molar-refractivity contribution in [3.63, 3.8) is 0 Å². The Morgan fingerprint density at radius 3 is 2.62 bits per heavy atom. The van der Waals surface area contributed by atoms with Gasteiger partial charge in [-0.1, -0.05) is 0 Å². The van der Waals surface area contributed by atoms with Gasteiger partial charge >= 0.3 is 0 Å². The Bertz CT molecular complexity index is 1050. The first-order valence-corrected chi connectivity index (χ1v) is 8.69. The van der Waals surface area contributed by atoms with Gasteiger partial charge in [-0.05, 0) is 32.9 Å². The summed E-state index contributed by atoms with van der Waals surface area (Å²) in [6, 6.07) is 7.84. The number of anilines is 1. The summed E-state index contributed by atoms with van der Waals surface area (Å²) in [7, 11) is 0. The molecule has 0 atom stereocenters. The molecule has 0 radical (unpaired) electrons. The predicted octanol–water partition coefficient (Wildman–Crippen LogP) is 3.24. The zero-order chi connectivity index (χ0) is 18.1. The van der Waals surface area contributed by atoms with Crippen molar-refractivity contribution < 1.29 is 0 Å². The third-order valence-corrected chi connectivity index (χ3v) is 4.61. The van der Waals surface area contributed by atoms with Crippen molar-refractivity contribution >= 4 is 11.5 Å². The van der Waals surface area contributed by atoms with Crippen LogP contribution in [0.2, 0.25) is 0 Å². The highest BCUT2D eigenvalue weighted by molar-refractivity contribution is 5.66. The average molecular weight is 347 g/mol. The third-order valence-electron chi connectivity index (χ3n) is 4.61. The molecule has 0 amide bonds. The molecule has 4 aromatic heterocycles. The van der Waals surface area contributed by atoms with Gasteiger partial charge in [-0.25, -0.2) is 4.98 Å². The van der Waals surface area contributed by atoms with Gasteiger partial charge in [0.1, 0.15) is 5.82 Å². The molecule has 26 heavy (non-hydrogen) atoms. The number of nitrogens with zero attached hydrogens (tertiary/aromatic N) is 6. The van der Waals surface area contributed by atoms with E-state index in [2.05, 4.69) is 46.3 Å². The standard InChI is InChI=1S/C19H21N7/c1-4-25-14(3)16(13(2)24-25)12-21-19-11-17(15-5-8-20-9-6-15)23-18-7-10-22-26(18)19/h5-11,21H,4,12H2,1-3H3. The molecule has 4 heterocycles. The Hall–Kier alpha value is -3.22. The number of rotatable bonds is 5. The van der Waals surface area contributed by atoms with Crippen LogP contribution in [0, 0.1) is 13.8 Å². The van der Waals surface area contributed by atoms with E-state index in [4.69, 9.17) is 0 Å². The summed E-state index contributed by atoms with van der Waals surface area (Å²) in [6.45, 7) is 7.82. The van der Waals surface area contributed by atoms with Crippen LogP contribution in [0.3, 0.4) is 0 Å². The largest absolute Gasteiger partial charge is 0.366 e. The van der Waals surface area contributed by atoms with Crippen LogP contribution in [0.15, 0.2) is 42.9 Å². The third kappa shape index (κ3) is 2.81. The second kappa shape index (κ2) is 6.59. The topological polar surface area (TPSA) is 72.9 Å². The fourth-order valence-electron chi connectivity index (χ4n) is 3.19. The molecule has 0 fully saturated rings. The lowest BCUT2D eigenvalue weighted by molar-refractivity contribution is 0.633. The molecule has 0 unspecified atom stereocenters. The summed E-state index contributed by atoms with van der Waals surface area (Å²) in [4.78, 5) is 8.77. The van der Waals surface area contributed by atoms with Crippen molar-refractivity contribution in [2.24, 2.45) is 0 Å². The fraction of sp³-hybridized carbons (Fsp3) is 0.263. The van der Waals surface area contributed by atoms with Gasteiger partial charge < -0.3 is 5.32 Å². The van der Waals surface area contributed by atoms with Crippen molar-refractivity contribution in [3.05, 3.63) is 59.8 Å². The van der Waals surface area contributed by atoms with Crippen LogP contribution >= 0.6 is 0 Å². The van der Waals surface area contributed by atoms with E-state index in [-0.39, 0.29) is 0 Å². The predicted molar refractivity (Wildman–Crippen MR) is 101 cm³/mol. The van der Waals surface area contributed by atoms with E-state index in [9.17, 15) is 0 Å². The van der Waals surface area contributed by atoms with E-state index in [1.54, 1.807) is 18.6 Å². The van der Waals surface area contributed by atoms with Crippen LogP contribution in [0.1, 0.15) is 23.9 Å². The Morgan fingerprint density at radius 2 is 1.88 bits per heavy atom. The van der Waals surface area contributed by atoms with E-state index >= 15 is 0 Å². The van der Waals surface area contributed by atoms with E-state index in [0.717, 1.165) is 35.0 Å². The normalized spacial score (nSPS) is 11.2. The number of hydrogen-bond donors (Lipinski definition) is 1. The monoisotopic (exact) mass is 347 g/mol. The minimum Gasteiger partial charge on any atom is -0.366 e. The molecule has 7 heteroatoms. The lowest BCUT2D eigenvalue weighted by atomic mass is 10.2. The van der Waals surface area contributed by atoms with E-state index in [1.807, 2.05) is 33.5 Å². The van der Waals surface area contributed by atoms with Gasteiger partial charge in [0, 0.05) is 54.4 Å². The molecular weight excluding hydrogens is 326 g/mol. The molecule has 0 bridgehead atoms. The Balaban J connectivity index is 1.70. The summed E-state index contributed by atoms with van der Waals surface area (Å²) in [6.07, 6.45) is 5.31. The first kappa shape index (κ1) is 16.3. The summed E-state index contributed by atoms with van der Waals surface area (Å²) in [5.74, 6) is 0.898. The number of aromatic nitrogens is 6. The molecule has 0 aromatic carbocycles. The van der Waals surface area contributed by atoms with Crippen molar-refractivity contribution in [3.8, 4) is 11.3 Å². The van der Waals surface area contributed by atoms with Crippen molar-refractivity contribution in [1.82, 2.24) is 29.4 Å². The van der Waals surface area contributed by atoms with Crippen LogP contribution in [0.25, 0.3) is 16.9 Å². The highest BCUT2D eigenvalue weighted by Gasteiger charge is 2.12. The Labute approximate surface area is 151 Å². The molecule has 0 saturated carbocycles. The molecule has 0 aliphatic carbocycles. The van der Waals surface area contributed by atoms with Crippen LogP contribution in [0.5, 0.6) is 0 Å². The summed E-state index contributed by atoms with van der Waals surface area (Å²) in [5.41, 5.74) is 6.18. The highest BCUT2D eigenvalue weighted by atomic mass is 15.3. The van der Waals surface area contributed by atoms with Gasteiger partial charge in [0.25, 0.3) is 0 Å². The van der Waals surface area contributed by atoms with Crippen molar-refractivity contribution in [1.29, 1.82) is 0 Å². The molecule has 7 nitrogen and oxygen atoms in total. The van der Waals surface area contributed by atoms with Crippen molar-refractivity contribution in [2.45, 2.75) is 33.9 Å². The lowest BCUT2D eigenvalue weighted by Gasteiger charge is -2.11. The van der Waals surface area contributed by atoms with Crippen LogP contribution in [0.4, 0.5) is 5.82 Å². The number of hydrogen-bond acceptors (Lipinski definition) is 5. The zero-order valence-electron chi connectivity index (χ0n) is 15.1. The Morgan fingerprint density at radius 1 is 1.08 bits per heavy atom. The zero-order valence-corrected chi connectivity index (χ0v) is 15.1. The average Bonchev–Trinajstić information content (AvgIpc) is 3.25. The minimum absolute atomic E-state index is 0.687. The smallest absolute Gasteiger partial charge is 0.157 e. The second-order valence-electron chi connectivity index (χ2n) is 6.18. The SMILES string of the molecule is CCn1nc(C)c(CNc2cc(-c3ccncc3)nc3ccnn23)c1C. The second-order valence-corrected chi connectivity index (χ2v) is 6.18. The van der Waals surface area contributed by atoms with Gasteiger partial charge in [0.15, 0.2) is 5.65 Å². The summed E-state index contributed by atoms with van der Waals surface area (Å²) >= 11 is 0. The number of pyridine rings is 1. The minimum atomic E-state index is 0.687. The summed E-state index contributed by atoms with van der Waals surface area (Å²) in [5, 5.41) is 12.5. The lowest BCUT2D eigenvalue weighted by Crippen LogP contribution is -2.08. The maximum atomic E-state index is 4.69. The molecule has 0 aliphatic heterocycles. The van der Waals surface area contributed by atoms with Crippen LogP contribution in [-0.4, -0.2) is 29.4 Å². The fourth-order valence-corrected chi connectivity index (χ4v) is 3.19. The van der Waals surface area contributed by atoms with Gasteiger partial charge in [-0.3, -0.25) is 9.67 Å². The van der Waals surface area contributed by atoms with Crippen LogP contribution in [-0.2, 0) is 13.1 Å². The molecule has 1 N–H and O–H groups in total. The quantitative estimate of drug-likeness (QED) is 0.600. The molecular formula is C19H21N7. The molecule has 0 aliphatic rings. The van der Waals surface area contributed by atoms with E-state index < -0.39 is 0 Å². The first-order valence-electron chi connectivity index (χ1n) is 8.69. The molecule has 0 saturated heterocycles. The van der Waals surface area contributed by atoms with Crippen LogP contribution < -0.4 is 5.32 Å². The highest BCUT2D eigenvalue weighted by Crippen LogP contribution is 2.23. The number of nitrogens with one attached hydrogen (secondary N) is 1. The van der Waals surface area contributed by atoms with E-state index in [1.165, 1.54) is 11.3 Å². The molecule has 4 aromatic rings. The Kier molecular flexibility index (Phi) is 4.12.